The highest BCUT2D eigenvalue weighted by Crippen LogP contribution is 2.41. The molecule has 2 aromatic heterocycles. The Hall–Kier alpha value is -4.39. The van der Waals surface area contributed by atoms with Crippen molar-refractivity contribution in [1.29, 1.82) is 0 Å². The quantitative estimate of drug-likeness (QED) is 0.217. The van der Waals surface area contributed by atoms with Crippen molar-refractivity contribution in [3.8, 4) is 11.4 Å². The van der Waals surface area contributed by atoms with Gasteiger partial charge in [0.2, 0.25) is 6.54 Å². The van der Waals surface area contributed by atoms with Gasteiger partial charge in [-0.25, -0.2) is 9.36 Å². The smallest absolute Gasteiger partial charge is 0.419 e. The van der Waals surface area contributed by atoms with Crippen LogP contribution in [-0.4, -0.2) is 32.7 Å². The number of carbonyl (C=O) groups is 1. The Labute approximate surface area is 208 Å². The fourth-order valence-electron chi connectivity index (χ4n) is 4.77. The van der Waals surface area contributed by atoms with Gasteiger partial charge in [0.1, 0.15) is 5.60 Å². The average Bonchev–Trinajstić information content (AvgIpc) is 3.40. The third-order valence-corrected chi connectivity index (χ3v) is 6.17. The van der Waals surface area contributed by atoms with Crippen LogP contribution in [0.4, 0.5) is 4.79 Å². The Kier molecular flexibility index (Phi) is 5.84. The third-order valence-electron chi connectivity index (χ3n) is 6.17. The molecule has 0 aliphatic rings. The second-order valence-corrected chi connectivity index (χ2v) is 9.84. The van der Waals surface area contributed by atoms with E-state index >= 15 is 0 Å². The number of aromatic amines is 1. The van der Waals surface area contributed by atoms with E-state index in [1.807, 2.05) is 106 Å². The summed E-state index contributed by atoms with van der Waals surface area (Å²) in [6.07, 6.45) is -0.506. The zero-order valence-electron chi connectivity index (χ0n) is 20.4. The summed E-state index contributed by atoms with van der Waals surface area (Å²) >= 11 is 0. The summed E-state index contributed by atoms with van der Waals surface area (Å²) in [5, 5.41) is 13.6. The predicted octanol–water partition coefficient (Wildman–Crippen LogP) is 6.98. The van der Waals surface area contributed by atoms with Crippen LogP contribution in [0.25, 0.3) is 33.2 Å². The fourth-order valence-corrected chi connectivity index (χ4v) is 4.77. The summed E-state index contributed by atoms with van der Waals surface area (Å²) in [7, 11) is 0. The van der Waals surface area contributed by atoms with Crippen molar-refractivity contribution >= 4 is 27.9 Å². The van der Waals surface area contributed by atoms with Crippen LogP contribution in [0.5, 0.6) is 0 Å². The lowest BCUT2D eigenvalue weighted by Crippen LogP contribution is -2.27. The molecule has 5 rings (SSSR count). The molecule has 2 heterocycles. The second kappa shape index (κ2) is 9.00. The number of nitrogens with one attached hydrogen (secondary N) is 1. The van der Waals surface area contributed by atoms with E-state index in [-0.39, 0.29) is 11.5 Å². The van der Waals surface area contributed by atoms with Gasteiger partial charge in [0.15, 0.2) is 0 Å². The topological polar surface area (TPSA) is 90.2 Å². The van der Waals surface area contributed by atoms with Gasteiger partial charge in [0.25, 0.3) is 0 Å². The molecular weight excluding hydrogens is 454 g/mol. The Morgan fingerprint density at radius 2 is 1.67 bits per heavy atom. The molecule has 5 aromatic rings. The molecule has 7 nitrogen and oxygen atoms in total. The molecule has 0 spiro atoms. The van der Waals surface area contributed by atoms with E-state index in [0.29, 0.717) is 16.9 Å². The van der Waals surface area contributed by atoms with Crippen LogP contribution in [0.2, 0.25) is 0 Å². The molecule has 0 fully saturated rings. The zero-order chi connectivity index (χ0) is 25.4. The Morgan fingerprint density at radius 3 is 2.39 bits per heavy atom. The van der Waals surface area contributed by atoms with E-state index in [0.717, 1.165) is 27.4 Å². The molecule has 182 valence electrons. The van der Waals surface area contributed by atoms with Crippen molar-refractivity contribution in [2.24, 2.45) is 0 Å². The minimum absolute atomic E-state index is 0.285. The molecule has 1 N–H and O–H groups in total. The van der Waals surface area contributed by atoms with E-state index in [1.165, 1.54) is 0 Å². The molecule has 36 heavy (non-hydrogen) atoms. The minimum atomic E-state index is -0.693. The zero-order valence-corrected chi connectivity index (χ0v) is 20.4. The summed E-state index contributed by atoms with van der Waals surface area (Å²) < 4.78 is 7.34. The Balaban J connectivity index is 1.82. The number of ether oxygens (including phenoxy) is 1. The van der Waals surface area contributed by atoms with Crippen molar-refractivity contribution in [2.75, 3.05) is 6.54 Å². The maximum absolute atomic E-state index is 13.5. The number of carbonyl (C=O) groups excluding carboxylic acids is 1. The number of hydrogen-bond donors (Lipinski definition) is 1. The van der Waals surface area contributed by atoms with Crippen molar-refractivity contribution < 1.29 is 14.5 Å². The van der Waals surface area contributed by atoms with Crippen LogP contribution < -0.4 is 0 Å². The van der Waals surface area contributed by atoms with Crippen molar-refractivity contribution in [2.45, 2.75) is 32.3 Å². The molecule has 0 aliphatic carbocycles. The molecule has 1 unspecified atom stereocenters. The van der Waals surface area contributed by atoms with Crippen LogP contribution in [0, 0.1) is 10.1 Å². The van der Waals surface area contributed by atoms with E-state index < -0.39 is 17.6 Å². The molecular formula is C29H27N3O4. The fraction of sp³-hybridized carbons (Fsp3) is 0.207. The molecule has 0 aliphatic heterocycles. The normalized spacial score (nSPS) is 12.6. The number of H-pyrrole nitrogens is 1. The predicted molar refractivity (Wildman–Crippen MR) is 141 cm³/mol. The molecule has 1 atom stereocenters. The summed E-state index contributed by atoms with van der Waals surface area (Å²) in [6.45, 7) is 5.19. The summed E-state index contributed by atoms with van der Waals surface area (Å²) in [5.41, 5.74) is 3.72. The van der Waals surface area contributed by atoms with Gasteiger partial charge in [0.05, 0.1) is 22.8 Å². The van der Waals surface area contributed by atoms with Crippen molar-refractivity contribution in [1.82, 2.24) is 9.55 Å². The highest BCUT2D eigenvalue weighted by Gasteiger charge is 2.31. The minimum Gasteiger partial charge on any atom is -0.443 e. The number of rotatable bonds is 5. The van der Waals surface area contributed by atoms with Gasteiger partial charge in [-0.3, -0.25) is 10.1 Å². The first-order valence-corrected chi connectivity index (χ1v) is 11.8. The summed E-state index contributed by atoms with van der Waals surface area (Å²) in [5.74, 6) is -0.530. The first-order valence-electron chi connectivity index (χ1n) is 11.8. The second-order valence-electron chi connectivity index (χ2n) is 9.84. The number of benzene rings is 3. The first kappa shape index (κ1) is 23.4. The standard InChI is InChI=1S/C29H27N3O4/c1-29(2,3)36-28(33)32-24-16-10-7-13-20(24)17-25(32)27-26(21-14-8-9-15-23(21)30-27)22(18-31(34)35)19-11-5-4-6-12-19/h4-17,22,30H,18H2,1-3H3. The molecule has 0 saturated carbocycles. The molecule has 0 bridgehead atoms. The van der Waals surface area contributed by atoms with E-state index in [1.54, 1.807) is 4.57 Å². The number of nitro groups is 1. The van der Waals surface area contributed by atoms with Crippen LogP contribution in [-0.2, 0) is 4.74 Å². The maximum atomic E-state index is 13.5. The number of hydrogen-bond acceptors (Lipinski definition) is 4. The van der Waals surface area contributed by atoms with Crippen LogP contribution in [0.15, 0.2) is 84.9 Å². The van der Waals surface area contributed by atoms with Gasteiger partial charge < -0.3 is 9.72 Å². The number of nitrogens with zero attached hydrogens (tertiary/aromatic N) is 2. The van der Waals surface area contributed by atoms with E-state index in [2.05, 4.69) is 4.98 Å². The van der Waals surface area contributed by atoms with E-state index in [9.17, 15) is 14.9 Å². The van der Waals surface area contributed by atoms with Gasteiger partial charge in [-0.15, -0.1) is 0 Å². The molecule has 0 radical (unpaired) electrons. The molecule has 0 saturated heterocycles. The van der Waals surface area contributed by atoms with Crippen LogP contribution >= 0.6 is 0 Å². The lowest BCUT2D eigenvalue weighted by Gasteiger charge is -2.21. The molecule has 0 amide bonds. The Morgan fingerprint density at radius 1 is 1.00 bits per heavy atom. The lowest BCUT2D eigenvalue weighted by atomic mass is 9.88. The van der Waals surface area contributed by atoms with Gasteiger partial charge in [-0.2, -0.15) is 0 Å². The highest BCUT2D eigenvalue weighted by atomic mass is 16.6. The highest BCUT2D eigenvalue weighted by molar-refractivity contribution is 5.99. The summed E-state index contributed by atoms with van der Waals surface area (Å²) in [6, 6.07) is 26.7. The van der Waals surface area contributed by atoms with Gasteiger partial charge >= 0.3 is 6.09 Å². The number of fused-ring (bicyclic) bond motifs is 2. The SMILES string of the molecule is CC(C)(C)OC(=O)n1c(-c2[nH]c3ccccc3c2C(C[N+](=O)[O-])c2ccccc2)cc2ccccc21. The average molecular weight is 482 g/mol. The monoisotopic (exact) mass is 481 g/mol. The maximum Gasteiger partial charge on any atom is 0.419 e. The molecule has 3 aromatic carbocycles. The first-order chi connectivity index (χ1) is 17.2. The van der Waals surface area contributed by atoms with Gasteiger partial charge in [-0.1, -0.05) is 66.7 Å². The molecule has 7 heteroatoms. The largest absolute Gasteiger partial charge is 0.443 e. The van der Waals surface area contributed by atoms with Crippen molar-refractivity contribution in [3.63, 3.8) is 0 Å². The van der Waals surface area contributed by atoms with Crippen LogP contribution in [0.3, 0.4) is 0 Å². The van der Waals surface area contributed by atoms with Gasteiger partial charge in [-0.05, 0) is 44.5 Å². The van der Waals surface area contributed by atoms with Gasteiger partial charge in [0, 0.05) is 26.8 Å². The third kappa shape index (κ3) is 4.35. The number of aromatic nitrogens is 2. The lowest BCUT2D eigenvalue weighted by molar-refractivity contribution is -0.481. The van der Waals surface area contributed by atoms with Crippen LogP contribution in [0.1, 0.15) is 37.8 Å². The summed E-state index contributed by atoms with van der Waals surface area (Å²) in [4.78, 5) is 28.5. The van der Waals surface area contributed by atoms with E-state index in [4.69, 9.17) is 4.74 Å². The Bertz CT molecular complexity index is 1570. The van der Waals surface area contributed by atoms with Crippen molar-refractivity contribution in [3.05, 3.63) is 106 Å². The number of para-hydroxylation sites is 2.